The number of hydrogen-bond donors (Lipinski definition) is 3. The van der Waals surface area contributed by atoms with Crippen LogP contribution in [0.25, 0.3) is 5.69 Å². The first-order valence-electron chi connectivity index (χ1n) is 14.3. The topological polar surface area (TPSA) is 155 Å². The molecular formula is C29H44N6O7Si. The molecular weight excluding hydrogens is 572 g/mol. The Morgan fingerprint density at radius 2 is 1.58 bits per heavy atom. The van der Waals surface area contributed by atoms with E-state index in [-0.39, 0.29) is 49.0 Å². The zero-order chi connectivity index (χ0) is 32.2. The number of anilines is 1. The average molecular weight is 617 g/mol. The van der Waals surface area contributed by atoms with Crippen molar-refractivity contribution in [3.63, 3.8) is 0 Å². The smallest absolute Gasteiger partial charge is 0.405 e. The van der Waals surface area contributed by atoms with Crippen molar-refractivity contribution in [3.8, 4) is 11.4 Å². The van der Waals surface area contributed by atoms with Gasteiger partial charge in [0.15, 0.2) is 8.32 Å². The van der Waals surface area contributed by atoms with Gasteiger partial charge in [-0.05, 0) is 69.2 Å². The lowest BCUT2D eigenvalue weighted by Gasteiger charge is -2.38. The molecule has 1 aromatic heterocycles. The van der Waals surface area contributed by atoms with Gasteiger partial charge < -0.3 is 29.4 Å². The van der Waals surface area contributed by atoms with E-state index >= 15 is 0 Å². The minimum Gasteiger partial charge on any atom is -0.491 e. The van der Waals surface area contributed by atoms with Gasteiger partial charge in [-0.15, -0.1) is 0 Å². The highest BCUT2D eigenvalue weighted by Gasteiger charge is 2.38. The Hall–Kier alpha value is -3.91. The molecule has 1 saturated heterocycles. The van der Waals surface area contributed by atoms with Crippen molar-refractivity contribution >= 4 is 32.2 Å². The third-order valence-corrected chi connectivity index (χ3v) is 12.4. The van der Waals surface area contributed by atoms with Crippen molar-refractivity contribution in [2.24, 2.45) is 0 Å². The zero-order valence-corrected chi connectivity index (χ0v) is 27.3. The van der Waals surface area contributed by atoms with Crippen LogP contribution in [-0.2, 0) is 9.22 Å². The summed E-state index contributed by atoms with van der Waals surface area (Å²) in [6.45, 7) is 17.4. The highest BCUT2D eigenvalue weighted by molar-refractivity contribution is 6.74. The fourth-order valence-electron chi connectivity index (χ4n) is 4.32. The number of urea groups is 1. The maximum Gasteiger partial charge on any atom is 0.405 e. The second-order valence-electron chi connectivity index (χ2n) is 12.7. The van der Waals surface area contributed by atoms with Gasteiger partial charge in [0.2, 0.25) is 5.91 Å². The van der Waals surface area contributed by atoms with Gasteiger partial charge in [0, 0.05) is 32.4 Å². The number of carbonyl (C=O) groups excluding carboxylic acids is 2. The van der Waals surface area contributed by atoms with E-state index in [0.29, 0.717) is 18.0 Å². The largest absolute Gasteiger partial charge is 0.491 e. The van der Waals surface area contributed by atoms with Crippen LogP contribution in [0, 0.1) is 0 Å². The van der Waals surface area contributed by atoms with E-state index in [2.05, 4.69) is 49.5 Å². The van der Waals surface area contributed by atoms with Crippen molar-refractivity contribution in [1.29, 1.82) is 0 Å². The summed E-state index contributed by atoms with van der Waals surface area (Å²) in [6.07, 6.45) is 0.184. The van der Waals surface area contributed by atoms with Crippen LogP contribution < -0.4 is 21.1 Å². The quantitative estimate of drug-likeness (QED) is 0.360. The summed E-state index contributed by atoms with van der Waals surface area (Å²) >= 11 is 0. The molecule has 0 aliphatic carbocycles. The molecule has 1 aliphatic heterocycles. The predicted octanol–water partition coefficient (Wildman–Crippen LogP) is 3.74. The van der Waals surface area contributed by atoms with Gasteiger partial charge in [-0.1, -0.05) is 20.8 Å². The van der Waals surface area contributed by atoms with E-state index in [1.54, 1.807) is 24.3 Å². The lowest BCUT2D eigenvalue weighted by Crippen LogP contribution is -2.60. The Balaban J connectivity index is 1.53. The monoisotopic (exact) mass is 616 g/mol. The lowest BCUT2D eigenvalue weighted by atomic mass is 10.0. The van der Waals surface area contributed by atoms with Crippen molar-refractivity contribution in [2.45, 2.75) is 71.3 Å². The van der Waals surface area contributed by atoms with E-state index in [1.807, 2.05) is 6.92 Å². The molecule has 4 amide bonds. The number of benzene rings is 1. The molecule has 0 saturated carbocycles. The highest BCUT2D eigenvalue weighted by atomic mass is 28.4. The van der Waals surface area contributed by atoms with Crippen LogP contribution in [0.5, 0.6) is 5.75 Å². The van der Waals surface area contributed by atoms with Crippen LogP contribution in [0.1, 0.15) is 41.5 Å². The summed E-state index contributed by atoms with van der Waals surface area (Å²) in [6, 6.07) is 8.14. The number of rotatable bonds is 9. The molecule has 0 bridgehead atoms. The molecule has 236 valence electrons. The molecule has 13 nitrogen and oxygen atoms in total. The first kappa shape index (κ1) is 33.6. The molecule has 0 radical (unpaired) electrons. The van der Waals surface area contributed by atoms with E-state index in [9.17, 15) is 19.2 Å². The Bertz CT molecular complexity index is 1360. The number of ether oxygens (including phenoxy) is 1. The number of nitrogens with zero attached hydrogens (tertiary/aromatic N) is 4. The Morgan fingerprint density at radius 1 is 1.00 bits per heavy atom. The van der Waals surface area contributed by atoms with Crippen LogP contribution in [0.3, 0.4) is 0 Å². The number of carboxylic acid groups (broad SMARTS) is 1. The highest BCUT2D eigenvalue weighted by Crippen LogP contribution is 2.37. The standard InChI is InChI=1S/C29H44N6O7Si/c1-20(42-43(7,8)28(2,3)4)19-41-22-11-9-21(10-12-22)35-14-13-23(31-26(35)38)30-25(37)34-17-15-33(16-18-34)24(36)29(5,6)32-27(39)40/h9-14,20,32H,15-19H2,1-8H3,(H,39,40)(H,30,31,37,38). The number of amides is 4. The Kier molecular flexibility index (Phi) is 10.3. The van der Waals surface area contributed by atoms with E-state index in [1.165, 1.54) is 40.5 Å². The second-order valence-corrected chi connectivity index (χ2v) is 17.5. The molecule has 1 unspecified atom stereocenters. The van der Waals surface area contributed by atoms with Gasteiger partial charge in [-0.25, -0.2) is 14.4 Å². The fourth-order valence-corrected chi connectivity index (χ4v) is 5.74. The summed E-state index contributed by atoms with van der Waals surface area (Å²) in [4.78, 5) is 56.2. The molecule has 1 aliphatic rings. The SMILES string of the molecule is CC(COc1ccc(-n2ccc(NC(=O)N3CCN(C(=O)C(C)(C)NC(=O)O)CC3)nc2=O)cc1)O[Si](C)(C)C(C)(C)C. The van der Waals surface area contributed by atoms with E-state index < -0.39 is 31.7 Å². The van der Waals surface area contributed by atoms with Crippen molar-refractivity contribution in [3.05, 3.63) is 47.0 Å². The van der Waals surface area contributed by atoms with Crippen LogP contribution >= 0.6 is 0 Å². The molecule has 1 aromatic carbocycles. The number of hydrogen-bond acceptors (Lipinski definition) is 7. The Morgan fingerprint density at radius 3 is 2.12 bits per heavy atom. The zero-order valence-electron chi connectivity index (χ0n) is 26.3. The number of aromatic nitrogens is 2. The van der Waals surface area contributed by atoms with Crippen LogP contribution in [0.2, 0.25) is 18.1 Å². The predicted molar refractivity (Wildman–Crippen MR) is 165 cm³/mol. The number of carbonyl (C=O) groups is 3. The molecule has 43 heavy (non-hydrogen) atoms. The minimum atomic E-state index is -1.90. The maximum absolute atomic E-state index is 12.8. The van der Waals surface area contributed by atoms with Gasteiger partial charge in [0.05, 0.1) is 11.8 Å². The third kappa shape index (κ3) is 8.80. The van der Waals surface area contributed by atoms with Gasteiger partial charge in [-0.3, -0.25) is 14.7 Å². The van der Waals surface area contributed by atoms with Crippen molar-refractivity contribution < 1.29 is 28.7 Å². The molecule has 1 atom stereocenters. The molecule has 3 rings (SSSR count). The lowest BCUT2D eigenvalue weighted by molar-refractivity contribution is -0.138. The molecule has 14 heteroatoms. The van der Waals surface area contributed by atoms with Gasteiger partial charge >= 0.3 is 17.8 Å². The normalized spacial score (nSPS) is 15.1. The summed E-state index contributed by atoms with van der Waals surface area (Å²) < 4.78 is 13.6. The van der Waals surface area contributed by atoms with Crippen LogP contribution in [-0.4, -0.2) is 95.2 Å². The first-order chi connectivity index (χ1) is 19.9. The second kappa shape index (κ2) is 13.2. The third-order valence-electron chi connectivity index (χ3n) is 7.75. The van der Waals surface area contributed by atoms with E-state index in [4.69, 9.17) is 14.3 Å². The number of nitrogens with one attached hydrogen (secondary N) is 2. The average Bonchev–Trinajstić information content (AvgIpc) is 2.90. The molecule has 0 spiro atoms. The summed E-state index contributed by atoms with van der Waals surface area (Å²) in [5.41, 5.74) is -1.25. The molecule has 3 N–H and O–H groups in total. The maximum atomic E-state index is 12.8. The fraction of sp³-hybridized carbons (Fsp3) is 0.552. The molecule has 1 fully saturated rings. The first-order valence-corrected chi connectivity index (χ1v) is 17.2. The molecule has 2 heterocycles. The van der Waals surface area contributed by atoms with Crippen LogP contribution in [0.15, 0.2) is 41.3 Å². The van der Waals surface area contributed by atoms with Crippen molar-refractivity contribution in [1.82, 2.24) is 24.7 Å². The Labute approximate surface area is 253 Å². The number of piperazine rings is 1. The summed E-state index contributed by atoms with van der Waals surface area (Å²) in [5.74, 6) is 0.389. The van der Waals surface area contributed by atoms with Gasteiger partial charge in [0.25, 0.3) is 0 Å². The summed E-state index contributed by atoms with van der Waals surface area (Å²) in [7, 11) is -1.90. The van der Waals surface area contributed by atoms with E-state index in [0.717, 1.165) is 0 Å². The summed E-state index contributed by atoms with van der Waals surface area (Å²) in [5, 5.41) is 13.9. The van der Waals surface area contributed by atoms with Gasteiger partial charge in [-0.2, -0.15) is 4.98 Å². The van der Waals surface area contributed by atoms with Crippen molar-refractivity contribution in [2.75, 3.05) is 38.1 Å². The minimum absolute atomic E-state index is 0.0604. The van der Waals surface area contributed by atoms with Gasteiger partial charge in [0.1, 0.15) is 23.7 Å². The van der Waals surface area contributed by atoms with Crippen LogP contribution in [0.4, 0.5) is 15.4 Å². The molecule has 2 aromatic rings.